The predicted molar refractivity (Wildman–Crippen MR) is 95.9 cm³/mol. The molecule has 0 fully saturated rings. The summed E-state index contributed by atoms with van der Waals surface area (Å²) in [6, 6.07) is 13.8. The highest BCUT2D eigenvalue weighted by Crippen LogP contribution is 2.17. The van der Waals surface area contributed by atoms with E-state index in [1.165, 1.54) is 12.1 Å². The molecule has 1 amide bonds. The molecule has 0 saturated heterocycles. The third-order valence-corrected chi connectivity index (χ3v) is 4.13. The minimum atomic E-state index is -0.309. The molecular weight excluding hydrogens is 333 g/mol. The van der Waals surface area contributed by atoms with Crippen molar-refractivity contribution in [3.63, 3.8) is 0 Å². The number of carbonyl (C=O) groups excluding carboxylic acids is 1. The minimum absolute atomic E-state index is 0.0427. The van der Waals surface area contributed by atoms with Gasteiger partial charge in [0, 0.05) is 25.6 Å². The van der Waals surface area contributed by atoms with Crippen LogP contribution in [0.2, 0.25) is 0 Å². The Morgan fingerprint density at radius 2 is 1.81 bits per heavy atom. The van der Waals surface area contributed by atoms with Gasteiger partial charge in [0.05, 0.1) is 6.42 Å². The number of carbonyl (C=O) groups is 1. The Labute approximate surface area is 151 Å². The molecule has 3 rings (SSSR count). The third kappa shape index (κ3) is 4.53. The molecule has 6 heteroatoms. The monoisotopic (exact) mass is 353 g/mol. The van der Waals surface area contributed by atoms with Crippen molar-refractivity contribution in [2.45, 2.75) is 19.8 Å². The maximum absolute atomic E-state index is 12.9. The molecule has 0 spiro atoms. The summed E-state index contributed by atoms with van der Waals surface area (Å²) in [5, 5.41) is 3.97. The van der Waals surface area contributed by atoms with Crippen molar-refractivity contribution < 1.29 is 13.7 Å². The topological polar surface area (TPSA) is 59.2 Å². The molecule has 0 unspecified atom stereocenters. The first-order chi connectivity index (χ1) is 12.5. The number of aryl methyl sites for hydroxylation is 1. The Morgan fingerprint density at radius 3 is 2.50 bits per heavy atom. The normalized spacial score (nSPS) is 10.7. The maximum Gasteiger partial charge on any atom is 0.257 e. The van der Waals surface area contributed by atoms with E-state index in [1.54, 1.807) is 24.1 Å². The van der Waals surface area contributed by atoms with E-state index in [9.17, 15) is 9.18 Å². The second-order valence-electron chi connectivity index (χ2n) is 6.25. The fraction of sp³-hybridized carbons (Fsp3) is 0.250. The fourth-order valence-electron chi connectivity index (χ4n) is 2.47. The first-order valence-corrected chi connectivity index (χ1v) is 8.39. The van der Waals surface area contributed by atoms with Gasteiger partial charge in [-0.25, -0.2) is 4.39 Å². The number of aromatic nitrogens is 2. The van der Waals surface area contributed by atoms with Gasteiger partial charge < -0.3 is 9.42 Å². The first-order valence-electron chi connectivity index (χ1n) is 8.39. The second kappa shape index (κ2) is 7.91. The van der Waals surface area contributed by atoms with E-state index in [4.69, 9.17) is 4.52 Å². The summed E-state index contributed by atoms with van der Waals surface area (Å²) in [6.45, 7) is 2.49. The van der Waals surface area contributed by atoms with Crippen molar-refractivity contribution in [3.05, 3.63) is 71.3 Å². The quantitative estimate of drug-likeness (QED) is 0.681. The summed E-state index contributed by atoms with van der Waals surface area (Å²) in [5.41, 5.74) is 2.81. The smallest absolute Gasteiger partial charge is 0.257 e. The van der Waals surface area contributed by atoms with Gasteiger partial charge >= 0.3 is 0 Å². The Kier molecular flexibility index (Phi) is 5.41. The van der Waals surface area contributed by atoms with Crippen LogP contribution in [0.1, 0.15) is 17.0 Å². The van der Waals surface area contributed by atoms with E-state index < -0.39 is 0 Å². The average Bonchev–Trinajstić information content (AvgIpc) is 3.11. The molecule has 0 N–H and O–H groups in total. The Balaban J connectivity index is 1.54. The van der Waals surface area contributed by atoms with Gasteiger partial charge in [0.25, 0.3) is 5.89 Å². The fourth-order valence-corrected chi connectivity index (χ4v) is 2.47. The van der Waals surface area contributed by atoms with Crippen LogP contribution in [-0.4, -0.2) is 34.5 Å². The number of amides is 1. The van der Waals surface area contributed by atoms with Gasteiger partial charge in [-0.2, -0.15) is 4.98 Å². The first kappa shape index (κ1) is 17.8. The molecule has 134 valence electrons. The molecule has 3 aromatic rings. The van der Waals surface area contributed by atoms with Gasteiger partial charge in [0.15, 0.2) is 5.82 Å². The number of hydrogen-bond donors (Lipinski definition) is 0. The van der Waals surface area contributed by atoms with E-state index in [2.05, 4.69) is 10.1 Å². The van der Waals surface area contributed by atoms with E-state index in [0.29, 0.717) is 24.7 Å². The summed E-state index contributed by atoms with van der Waals surface area (Å²) in [6.07, 6.45) is 0.735. The molecule has 0 aliphatic carbocycles. The zero-order valence-electron chi connectivity index (χ0n) is 14.8. The van der Waals surface area contributed by atoms with Crippen molar-refractivity contribution in [1.29, 1.82) is 0 Å². The van der Waals surface area contributed by atoms with Gasteiger partial charge in [0.1, 0.15) is 5.82 Å². The molecule has 0 saturated carbocycles. The predicted octanol–water partition coefficient (Wildman–Crippen LogP) is 3.43. The molecule has 1 aromatic heterocycles. The molecular formula is C20H20FN3O2. The lowest BCUT2D eigenvalue weighted by atomic mass is 10.1. The number of benzene rings is 2. The molecule has 1 heterocycles. The van der Waals surface area contributed by atoms with Gasteiger partial charge in [0.2, 0.25) is 5.91 Å². The molecule has 5 nitrogen and oxygen atoms in total. The number of likely N-dealkylation sites (N-methyl/N-ethyl adjacent to an activating group) is 1. The minimum Gasteiger partial charge on any atom is -0.345 e. The average molecular weight is 353 g/mol. The van der Waals surface area contributed by atoms with E-state index in [0.717, 1.165) is 16.7 Å². The van der Waals surface area contributed by atoms with Crippen molar-refractivity contribution in [2.24, 2.45) is 0 Å². The van der Waals surface area contributed by atoms with Crippen LogP contribution in [0.25, 0.3) is 11.5 Å². The van der Waals surface area contributed by atoms with Crippen molar-refractivity contribution >= 4 is 5.91 Å². The molecule has 0 aliphatic heterocycles. The van der Waals surface area contributed by atoms with Crippen LogP contribution in [0.15, 0.2) is 53.1 Å². The summed E-state index contributed by atoms with van der Waals surface area (Å²) >= 11 is 0. The maximum atomic E-state index is 12.9. The Hall–Kier alpha value is -3.02. The molecule has 2 aromatic carbocycles. The summed E-state index contributed by atoms with van der Waals surface area (Å²) in [7, 11) is 1.73. The van der Waals surface area contributed by atoms with Crippen molar-refractivity contribution in [3.8, 4) is 11.5 Å². The summed E-state index contributed by atoms with van der Waals surface area (Å²) in [4.78, 5) is 18.2. The highest BCUT2D eigenvalue weighted by molar-refractivity contribution is 5.78. The number of rotatable bonds is 6. The summed E-state index contributed by atoms with van der Waals surface area (Å²) < 4.78 is 18.2. The summed E-state index contributed by atoms with van der Waals surface area (Å²) in [5.74, 6) is 0.678. The van der Waals surface area contributed by atoms with Crippen LogP contribution in [0.3, 0.4) is 0 Å². The highest BCUT2D eigenvalue weighted by Gasteiger charge is 2.13. The second-order valence-corrected chi connectivity index (χ2v) is 6.25. The Morgan fingerprint density at radius 1 is 1.12 bits per heavy atom. The number of halogens is 1. The SMILES string of the molecule is Cc1ccc(-c2nc(CCN(C)C(=O)Cc3ccc(F)cc3)no2)cc1. The van der Waals surface area contributed by atoms with Crippen LogP contribution in [0, 0.1) is 12.7 Å². The van der Waals surface area contributed by atoms with Crippen LogP contribution in [0.5, 0.6) is 0 Å². The van der Waals surface area contributed by atoms with Crippen LogP contribution in [0.4, 0.5) is 4.39 Å². The molecule has 0 bridgehead atoms. The van der Waals surface area contributed by atoms with Crippen LogP contribution < -0.4 is 0 Å². The van der Waals surface area contributed by atoms with Gasteiger partial charge in [-0.3, -0.25) is 4.79 Å². The van der Waals surface area contributed by atoms with Crippen LogP contribution >= 0.6 is 0 Å². The van der Waals surface area contributed by atoms with E-state index >= 15 is 0 Å². The number of nitrogens with zero attached hydrogens (tertiary/aromatic N) is 3. The lowest BCUT2D eigenvalue weighted by molar-refractivity contribution is -0.129. The van der Waals surface area contributed by atoms with E-state index in [1.807, 2.05) is 31.2 Å². The lowest BCUT2D eigenvalue weighted by Gasteiger charge is -2.16. The molecule has 26 heavy (non-hydrogen) atoms. The van der Waals surface area contributed by atoms with Gasteiger partial charge in [-0.15, -0.1) is 0 Å². The van der Waals surface area contributed by atoms with Gasteiger partial charge in [-0.05, 0) is 36.8 Å². The molecule has 0 aliphatic rings. The molecule has 0 atom stereocenters. The Bertz CT molecular complexity index is 873. The standard InChI is InChI=1S/C20H20FN3O2/c1-14-3-7-16(8-4-14)20-22-18(23-26-20)11-12-24(2)19(25)13-15-5-9-17(21)10-6-15/h3-10H,11-13H2,1-2H3. The lowest BCUT2D eigenvalue weighted by Crippen LogP contribution is -2.30. The highest BCUT2D eigenvalue weighted by atomic mass is 19.1. The largest absolute Gasteiger partial charge is 0.345 e. The molecule has 0 radical (unpaired) electrons. The zero-order valence-corrected chi connectivity index (χ0v) is 14.8. The van der Waals surface area contributed by atoms with Crippen LogP contribution in [-0.2, 0) is 17.6 Å². The number of hydrogen-bond acceptors (Lipinski definition) is 4. The third-order valence-electron chi connectivity index (χ3n) is 4.13. The van der Waals surface area contributed by atoms with Crippen molar-refractivity contribution in [1.82, 2.24) is 15.0 Å². The zero-order chi connectivity index (χ0) is 18.5. The van der Waals surface area contributed by atoms with Gasteiger partial charge in [-0.1, -0.05) is 35.0 Å². The van der Waals surface area contributed by atoms with E-state index in [-0.39, 0.29) is 18.1 Å². The van der Waals surface area contributed by atoms with Crippen molar-refractivity contribution in [2.75, 3.05) is 13.6 Å².